The minimum Gasteiger partial charge on any atom is -0.337 e. The Balaban J connectivity index is 1.68. The van der Waals surface area contributed by atoms with Crippen molar-refractivity contribution in [2.45, 2.75) is 37.6 Å². The first kappa shape index (κ1) is 21.5. The summed E-state index contributed by atoms with van der Waals surface area (Å²) in [6.45, 7) is 3.46. The third-order valence-corrected chi connectivity index (χ3v) is 7.27. The SMILES string of the molecule is CC(=O)Nc1ccc(C)cc1S(=O)(=O)N1CCC[C@@H]1c1nc(-c2ccc(Cl)cc2)no1. The zero-order valence-electron chi connectivity index (χ0n) is 17.0. The lowest BCUT2D eigenvalue weighted by atomic mass is 10.2. The number of hydrogen-bond donors (Lipinski definition) is 1. The van der Waals surface area contributed by atoms with Crippen LogP contribution in [0.2, 0.25) is 5.02 Å². The summed E-state index contributed by atoms with van der Waals surface area (Å²) in [5.41, 5.74) is 1.74. The van der Waals surface area contributed by atoms with E-state index in [1.165, 1.54) is 11.2 Å². The van der Waals surface area contributed by atoms with Crippen molar-refractivity contribution in [2.24, 2.45) is 0 Å². The second kappa shape index (κ2) is 8.41. The average Bonchev–Trinajstić information content (AvgIpc) is 3.39. The van der Waals surface area contributed by atoms with Crippen molar-refractivity contribution in [2.75, 3.05) is 11.9 Å². The van der Waals surface area contributed by atoms with Gasteiger partial charge in [0.25, 0.3) is 0 Å². The number of nitrogens with one attached hydrogen (secondary N) is 1. The molecule has 31 heavy (non-hydrogen) atoms. The zero-order valence-corrected chi connectivity index (χ0v) is 18.6. The van der Waals surface area contributed by atoms with Crippen molar-refractivity contribution in [1.82, 2.24) is 14.4 Å². The van der Waals surface area contributed by atoms with Gasteiger partial charge in [-0.05, 0) is 61.7 Å². The molecule has 2 aromatic carbocycles. The Morgan fingerprint density at radius 3 is 2.68 bits per heavy atom. The van der Waals surface area contributed by atoms with Crippen LogP contribution in [0.4, 0.5) is 5.69 Å². The third kappa shape index (κ3) is 4.34. The van der Waals surface area contributed by atoms with Gasteiger partial charge in [0.05, 0.1) is 5.69 Å². The lowest BCUT2D eigenvalue weighted by Crippen LogP contribution is -2.31. The first-order valence-corrected chi connectivity index (χ1v) is 11.6. The summed E-state index contributed by atoms with van der Waals surface area (Å²) < 4.78 is 33.9. The number of carbonyl (C=O) groups is 1. The Morgan fingerprint density at radius 1 is 1.23 bits per heavy atom. The minimum atomic E-state index is -3.92. The summed E-state index contributed by atoms with van der Waals surface area (Å²) in [6, 6.07) is 11.3. The van der Waals surface area contributed by atoms with Crippen LogP contribution in [0, 0.1) is 6.92 Å². The Hall–Kier alpha value is -2.75. The van der Waals surface area contributed by atoms with Crippen molar-refractivity contribution >= 4 is 33.2 Å². The predicted molar refractivity (Wildman–Crippen MR) is 116 cm³/mol. The molecular formula is C21H21ClN4O4S. The van der Waals surface area contributed by atoms with Crippen LogP contribution in [0.1, 0.15) is 37.3 Å². The molecule has 1 saturated heterocycles. The first-order valence-electron chi connectivity index (χ1n) is 9.75. The number of hydrogen-bond acceptors (Lipinski definition) is 6. The fraction of sp³-hybridized carbons (Fsp3) is 0.286. The Morgan fingerprint density at radius 2 is 1.97 bits per heavy atom. The number of sulfonamides is 1. The van der Waals surface area contributed by atoms with Gasteiger partial charge in [0.2, 0.25) is 27.6 Å². The summed E-state index contributed by atoms with van der Waals surface area (Å²) in [6.07, 6.45) is 1.21. The van der Waals surface area contributed by atoms with Gasteiger partial charge >= 0.3 is 0 Å². The molecule has 0 spiro atoms. The van der Waals surface area contributed by atoms with Gasteiger partial charge in [-0.1, -0.05) is 22.8 Å². The molecule has 10 heteroatoms. The van der Waals surface area contributed by atoms with Crippen LogP contribution in [-0.2, 0) is 14.8 Å². The van der Waals surface area contributed by atoms with Gasteiger partial charge in [0, 0.05) is 24.1 Å². The maximum atomic E-state index is 13.6. The van der Waals surface area contributed by atoms with Crippen molar-refractivity contribution in [3.05, 3.63) is 58.9 Å². The van der Waals surface area contributed by atoms with Crippen LogP contribution >= 0.6 is 11.6 Å². The molecule has 0 aliphatic carbocycles. The number of benzene rings is 2. The predicted octanol–water partition coefficient (Wildman–Crippen LogP) is 4.18. The molecule has 1 N–H and O–H groups in total. The van der Waals surface area contributed by atoms with Gasteiger partial charge in [0.1, 0.15) is 10.9 Å². The lowest BCUT2D eigenvalue weighted by molar-refractivity contribution is -0.114. The summed E-state index contributed by atoms with van der Waals surface area (Å²) in [5, 5.41) is 7.21. The van der Waals surface area contributed by atoms with Gasteiger partial charge in [0.15, 0.2) is 0 Å². The Kier molecular flexibility index (Phi) is 5.83. The standard InChI is InChI=1S/C21H21ClN4O4S/c1-13-5-10-17(23-14(2)27)19(12-13)31(28,29)26-11-3-4-18(26)21-24-20(25-30-21)15-6-8-16(22)9-7-15/h5-10,12,18H,3-4,11H2,1-2H3,(H,23,27)/t18-/m1/s1. The fourth-order valence-electron chi connectivity index (χ4n) is 3.62. The molecule has 0 unspecified atom stereocenters. The highest BCUT2D eigenvalue weighted by Gasteiger charge is 2.40. The van der Waals surface area contributed by atoms with Crippen LogP contribution in [0.25, 0.3) is 11.4 Å². The largest absolute Gasteiger partial charge is 0.337 e. The topological polar surface area (TPSA) is 105 Å². The summed E-state index contributed by atoms with van der Waals surface area (Å²) >= 11 is 5.93. The number of aromatic nitrogens is 2. The third-order valence-electron chi connectivity index (χ3n) is 5.07. The van der Waals surface area contributed by atoms with E-state index in [1.807, 2.05) is 0 Å². The molecule has 1 fully saturated rings. The van der Waals surface area contributed by atoms with Gasteiger partial charge < -0.3 is 9.84 Å². The first-order chi connectivity index (χ1) is 14.8. The maximum absolute atomic E-state index is 13.6. The van der Waals surface area contributed by atoms with Crippen molar-refractivity contribution < 1.29 is 17.7 Å². The maximum Gasteiger partial charge on any atom is 0.245 e. The quantitative estimate of drug-likeness (QED) is 0.612. The molecule has 0 radical (unpaired) electrons. The van der Waals surface area contributed by atoms with Crippen LogP contribution in [0.5, 0.6) is 0 Å². The molecule has 8 nitrogen and oxygen atoms in total. The van der Waals surface area contributed by atoms with Crippen LogP contribution < -0.4 is 5.32 Å². The number of halogens is 1. The van der Waals surface area contributed by atoms with Gasteiger partial charge in [-0.15, -0.1) is 0 Å². The van der Waals surface area contributed by atoms with E-state index in [0.717, 1.165) is 11.1 Å². The van der Waals surface area contributed by atoms with E-state index in [-0.39, 0.29) is 22.4 Å². The Bertz CT molecular complexity index is 1220. The average molecular weight is 461 g/mol. The molecule has 1 amide bonds. The number of rotatable bonds is 5. The van der Waals surface area contributed by atoms with Crippen LogP contribution in [0.15, 0.2) is 51.9 Å². The molecule has 3 aromatic rings. The van der Waals surface area contributed by atoms with E-state index in [1.54, 1.807) is 49.4 Å². The van der Waals surface area contributed by atoms with Crippen molar-refractivity contribution in [3.8, 4) is 11.4 Å². The number of anilines is 1. The highest BCUT2D eigenvalue weighted by molar-refractivity contribution is 7.89. The number of carbonyl (C=O) groups excluding carboxylic acids is 1. The molecule has 1 aliphatic rings. The van der Waals surface area contributed by atoms with E-state index in [0.29, 0.717) is 30.2 Å². The lowest BCUT2D eigenvalue weighted by Gasteiger charge is -2.23. The molecule has 0 saturated carbocycles. The second-order valence-corrected chi connectivity index (χ2v) is 9.71. The molecule has 1 atom stereocenters. The summed E-state index contributed by atoms with van der Waals surface area (Å²) in [4.78, 5) is 16.1. The molecular weight excluding hydrogens is 440 g/mol. The number of aryl methyl sites for hydroxylation is 1. The van der Waals surface area contributed by atoms with Gasteiger partial charge in [-0.3, -0.25) is 4.79 Å². The van der Waals surface area contributed by atoms with Crippen molar-refractivity contribution in [1.29, 1.82) is 0 Å². The second-order valence-electron chi connectivity index (χ2n) is 7.42. The fourth-order valence-corrected chi connectivity index (χ4v) is 5.63. The molecule has 162 valence electrons. The molecule has 1 aliphatic heterocycles. The van der Waals surface area contributed by atoms with E-state index < -0.39 is 16.1 Å². The van der Waals surface area contributed by atoms with Gasteiger partial charge in [-0.2, -0.15) is 9.29 Å². The summed E-state index contributed by atoms with van der Waals surface area (Å²) in [5.74, 6) is 0.257. The monoisotopic (exact) mass is 460 g/mol. The van der Waals surface area contributed by atoms with Crippen LogP contribution in [0.3, 0.4) is 0 Å². The highest BCUT2D eigenvalue weighted by Crippen LogP contribution is 2.38. The van der Waals surface area contributed by atoms with E-state index in [2.05, 4.69) is 15.5 Å². The number of amides is 1. The molecule has 1 aromatic heterocycles. The van der Waals surface area contributed by atoms with Crippen molar-refractivity contribution in [3.63, 3.8) is 0 Å². The van der Waals surface area contributed by atoms with E-state index in [9.17, 15) is 13.2 Å². The summed E-state index contributed by atoms with van der Waals surface area (Å²) in [7, 11) is -3.92. The zero-order chi connectivity index (χ0) is 22.2. The van der Waals surface area contributed by atoms with E-state index in [4.69, 9.17) is 16.1 Å². The molecule has 2 heterocycles. The molecule has 0 bridgehead atoms. The van der Waals surface area contributed by atoms with Crippen LogP contribution in [-0.4, -0.2) is 35.3 Å². The Labute approximate surface area is 185 Å². The minimum absolute atomic E-state index is 0.0482. The smallest absolute Gasteiger partial charge is 0.245 e. The molecule has 4 rings (SSSR count). The number of nitrogens with zero attached hydrogens (tertiary/aromatic N) is 3. The van der Waals surface area contributed by atoms with Gasteiger partial charge in [-0.25, -0.2) is 8.42 Å². The van der Waals surface area contributed by atoms with E-state index >= 15 is 0 Å². The highest BCUT2D eigenvalue weighted by atomic mass is 35.5. The normalized spacial score (nSPS) is 17.1.